The van der Waals surface area contributed by atoms with Crippen molar-refractivity contribution in [2.75, 3.05) is 20.2 Å². The first kappa shape index (κ1) is 19.3. The van der Waals surface area contributed by atoms with E-state index >= 15 is 0 Å². The van der Waals surface area contributed by atoms with E-state index in [0.717, 1.165) is 17.5 Å². The van der Waals surface area contributed by atoms with Gasteiger partial charge in [0.15, 0.2) is 5.96 Å². The van der Waals surface area contributed by atoms with E-state index in [2.05, 4.69) is 15.6 Å². The molecule has 4 nitrogen and oxygen atoms in total. The van der Waals surface area contributed by atoms with Crippen molar-refractivity contribution >= 4 is 5.96 Å². The Balaban J connectivity index is 2.49. The van der Waals surface area contributed by atoms with Crippen LogP contribution in [0.4, 0.5) is 13.2 Å². The minimum absolute atomic E-state index is 0.204. The van der Waals surface area contributed by atoms with Gasteiger partial charge >= 0.3 is 6.18 Å². The highest BCUT2D eigenvalue weighted by atomic mass is 19.4. The van der Waals surface area contributed by atoms with E-state index < -0.39 is 12.6 Å². The Kier molecular flexibility index (Phi) is 8.47. The molecule has 0 aliphatic rings. The predicted octanol–water partition coefficient (Wildman–Crippen LogP) is 3.23. The number of guanidine groups is 1. The summed E-state index contributed by atoms with van der Waals surface area (Å²) in [5.74, 6) is 0.346. The van der Waals surface area contributed by atoms with Gasteiger partial charge in [-0.1, -0.05) is 31.2 Å². The number of nitrogens with zero attached hydrogens (tertiary/aromatic N) is 1. The van der Waals surface area contributed by atoms with Crippen LogP contribution in [0, 0.1) is 0 Å². The normalized spacial score (nSPS) is 12.3. The van der Waals surface area contributed by atoms with Crippen LogP contribution < -0.4 is 10.6 Å². The number of hydrogen-bond donors (Lipinski definition) is 2. The minimum Gasteiger partial charge on any atom is -0.377 e. The van der Waals surface area contributed by atoms with Gasteiger partial charge in [0, 0.05) is 26.7 Å². The Bertz CT molecular complexity index is 490. The van der Waals surface area contributed by atoms with Crippen LogP contribution in [0.25, 0.3) is 0 Å². The van der Waals surface area contributed by atoms with E-state index in [1.54, 1.807) is 0 Å². The average molecular weight is 331 g/mol. The summed E-state index contributed by atoms with van der Waals surface area (Å²) in [6.45, 7) is 3.53. The molecule has 0 aliphatic heterocycles. The van der Waals surface area contributed by atoms with E-state index in [0.29, 0.717) is 25.7 Å². The van der Waals surface area contributed by atoms with Crippen molar-refractivity contribution in [3.8, 4) is 0 Å². The third kappa shape index (κ3) is 8.44. The molecule has 0 saturated heterocycles. The Hall–Kier alpha value is -1.76. The molecule has 0 aromatic heterocycles. The van der Waals surface area contributed by atoms with Gasteiger partial charge in [0.2, 0.25) is 0 Å². The summed E-state index contributed by atoms with van der Waals surface area (Å²) in [6.07, 6.45) is -4.11. The van der Waals surface area contributed by atoms with Crippen LogP contribution in [-0.2, 0) is 17.9 Å². The zero-order valence-corrected chi connectivity index (χ0v) is 13.5. The molecule has 1 aromatic carbocycles. The lowest BCUT2D eigenvalue weighted by Gasteiger charge is -2.15. The number of ether oxygens (including phenoxy) is 1. The predicted molar refractivity (Wildman–Crippen MR) is 85.3 cm³/mol. The Morgan fingerprint density at radius 1 is 1.17 bits per heavy atom. The van der Waals surface area contributed by atoms with Crippen LogP contribution in [0.3, 0.4) is 0 Å². The van der Waals surface area contributed by atoms with Crippen LogP contribution in [-0.4, -0.2) is 32.3 Å². The van der Waals surface area contributed by atoms with E-state index in [-0.39, 0.29) is 6.54 Å². The quantitative estimate of drug-likeness (QED) is 0.437. The molecule has 1 rings (SSSR count). The molecule has 0 fully saturated rings. The molecule has 0 unspecified atom stereocenters. The summed E-state index contributed by atoms with van der Waals surface area (Å²) in [5, 5.41) is 5.67. The lowest BCUT2D eigenvalue weighted by molar-refractivity contribution is -0.132. The Morgan fingerprint density at radius 3 is 2.48 bits per heavy atom. The zero-order valence-electron chi connectivity index (χ0n) is 13.5. The standard InChI is InChI=1S/C16H24F3N3O/c1-3-10-23-12-14-7-5-4-6-13(14)11-22-15(20-2)21-9-8-16(17,18)19/h4-7H,3,8-12H2,1-2H3,(H2,20,21,22). The summed E-state index contributed by atoms with van der Waals surface area (Å²) in [6, 6.07) is 7.79. The second-order valence-electron chi connectivity index (χ2n) is 5.04. The van der Waals surface area contributed by atoms with Crippen molar-refractivity contribution in [2.45, 2.75) is 39.1 Å². The topological polar surface area (TPSA) is 45.6 Å². The van der Waals surface area contributed by atoms with Crippen LogP contribution in [0.2, 0.25) is 0 Å². The fraction of sp³-hybridized carbons (Fsp3) is 0.562. The SMILES string of the molecule is CCCOCc1ccccc1CNC(=NC)NCCC(F)(F)F. The third-order valence-electron chi connectivity index (χ3n) is 3.10. The van der Waals surface area contributed by atoms with Crippen molar-refractivity contribution in [3.05, 3.63) is 35.4 Å². The maximum Gasteiger partial charge on any atom is 0.390 e. The Morgan fingerprint density at radius 2 is 1.87 bits per heavy atom. The molecule has 1 aromatic rings. The number of rotatable bonds is 8. The molecule has 23 heavy (non-hydrogen) atoms. The largest absolute Gasteiger partial charge is 0.390 e. The van der Waals surface area contributed by atoms with Crippen molar-refractivity contribution in [1.29, 1.82) is 0 Å². The van der Waals surface area contributed by atoms with Gasteiger partial charge in [0.25, 0.3) is 0 Å². The van der Waals surface area contributed by atoms with Crippen molar-refractivity contribution in [2.24, 2.45) is 4.99 Å². The molecule has 0 saturated carbocycles. The lowest BCUT2D eigenvalue weighted by Crippen LogP contribution is -2.38. The molecule has 0 radical (unpaired) electrons. The van der Waals surface area contributed by atoms with Gasteiger partial charge in [-0.15, -0.1) is 0 Å². The van der Waals surface area contributed by atoms with E-state index in [4.69, 9.17) is 4.74 Å². The highest BCUT2D eigenvalue weighted by Crippen LogP contribution is 2.18. The first-order valence-electron chi connectivity index (χ1n) is 7.62. The molecule has 130 valence electrons. The smallest absolute Gasteiger partial charge is 0.377 e. The zero-order chi connectivity index (χ0) is 17.1. The number of halogens is 3. The summed E-state index contributed by atoms with van der Waals surface area (Å²) in [4.78, 5) is 3.92. The first-order valence-corrected chi connectivity index (χ1v) is 7.62. The van der Waals surface area contributed by atoms with Crippen molar-refractivity contribution < 1.29 is 17.9 Å². The van der Waals surface area contributed by atoms with Gasteiger partial charge in [0.05, 0.1) is 13.0 Å². The van der Waals surface area contributed by atoms with Crippen LogP contribution in [0.5, 0.6) is 0 Å². The monoisotopic (exact) mass is 331 g/mol. The molecular weight excluding hydrogens is 307 g/mol. The fourth-order valence-corrected chi connectivity index (χ4v) is 1.92. The second-order valence-corrected chi connectivity index (χ2v) is 5.04. The van der Waals surface area contributed by atoms with Gasteiger partial charge in [-0.3, -0.25) is 4.99 Å². The van der Waals surface area contributed by atoms with E-state index in [1.165, 1.54) is 7.05 Å². The van der Waals surface area contributed by atoms with E-state index in [9.17, 15) is 13.2 Å². The van der Waals surface area contributed by atoms with Crippen LogP contribution in [0.1, 0.15) is 30.9 Å². The van der Waals surface area contributed by atoms with Crippen LogP contribution >= 0.6 is 0 Å². The van der Waals surface area contributed by atoms with Gasteiger partial charge in [-0.25, -0.2) is 0 Å². The average Bonchev–Trinajstić information content (AvgIpc) is 2.51. The number of nitrogens with one attached hydrogen (secondary N) is 2. The molecule has 0 amide bonds. The molecule has 0 atom stereocenters. The maximum atomic E-state index is 12.1. The molecule has 0 heterocycles. The van der Waals surface area contributed by atoms with Crippen molar-refractivity contribution in [3.63, 3.8) is 0 Å². The number of benzene rings is 1. The highest BCUT2D eigenvalue weighted by Gasteiger charge is 2.26. The molecule has 2 N–H and O–H groups in total. The highest BCUT2D eigenvalue weighted by molar-refractivity contribution is 5.79. The third-order valence-corrected chi connectivity index (χ3v) is 3.10. The molecule has 0 spiro atoms. The van der Waals surface area contributed by atoms with Gasteiger partial charge in [-0.05, 0) is 17.5 Å². The number of aliphatic imine (C=N–C) groups is 1. The van der Waals surface area contributed by atoms with Gasteiger partial charge in [-0.2, -0.15) is 13.2 Å². The second kappa shape index (κ2) is 10.1. The summed E-state index contributed by atoms with van der Waals surface area (Å²) in [7, 11) is 1.53. The summed E-state index contributed by atoms with van der Waals surface area (Å²) >= 11 is 0. The van der Waals surface area contributed by atoms with Gasteiger partial charge < -0.3 is 15.4 Å². The first-order chi connectivity index (χ1) is 11.0. The maximum absolute atomic E-state index is 12.1. The van der Waals surface area contributed by atoms with E-state index in [1.807, 2.05) is 31.2 Å². The molecular formula is C16H24F3N3O. The van der Waals surface area contributed by atoms with Gasteiger partial charge in [0.1, 0.15) is 0 Å². The number of alkyl halides is 3. The minimum atomic E-state index is -4.17. The lowest BCUT2D eigenvalue weighted by atomic mass is 10.1. The molecule has 7 heteroatoms. The fourth-order valence-electron chi connectivity index (χ4n) is 1.92. The molecule has 0 bridgehead atoms. The molecule has 0 aliphatic carbocycles. The Labute approximate surface area is 135 Å². The summed E-state index contributed by atoms with van der Waals surface area (Å²) < 4.78 is 42.0. The van der Waals surface area contributed by atoms with Crippen LogP contribution in [0.15, 0.2) is 29.3 Å². The number of hydrogen-bond acceptors (Lipinski definition) is 2. The van der Waals surface area contributed by atoms with Crippen molar-refractivity contribution in [1.82, 2.24) is 10.6 Å². The summed E-state index contributed by atoms with van der Waals surface area (Å²) in [5.41, 5.74) is 2.08.